The summed E-state index contributed by atoms with van der Waals surface area (Å²) in [7, 11) is 0. The Morgan fingerprint density at radius 1 is 1.17 bits per heavy atom. The number of benzene rings is 1. The van der Waals surface area contributed by atoms with E-state index in [0.29, 0.717) is 18.7 Å². The number of piperidine rings is 1. The van der Waals surface area contributed by atoms with Gasteiger partial charge in [-0.15, -0.1) is 0 Å². The number of furan rings is 1. The Labute approximate surface area is 134 Å². The van der Waals surface area contributed by atoms with Crippen LogP contribution in [0, 0.1) is 5.92 Å². The van der Waals surface area contributed by atoms with Crippen molar-refractivity contribution in [3.8, 4) is 0 Å². The van der Waals surface area contributed by atoms with Crippen LogP contribution in [0.4, 0.5) is 0 Å². The van der Waals surface area contributed by atoms with E-state index in [4.69, 9.17) is 9.15 Å². The summed E-state index contributed by atoms with van der Waals surface area (Å²) in [5.74, 6) is -0.0532. The number of esters is 1. The Morgan fingerprint density at radius 2 is 2.00 bits per heavy atom. The van der Waals surface area contributed by atoms with Gasteiger partial charge in [0.25, 0.3) is 5.91 Å². The fourth-order valence-electron chi connectivity index (χ4n) is 2.81. The molecule has 1 aromatic carbocycles. The average Bonchev–Trinajstić information content (AvgIpc) is 3.15. The van der Waals surface area contributed by atoms with Gasteiger partial charge in [-0.1, -0.05) is 18.2 Å². The molecule has 2 aromatic rings. The molecule has 5 nitrogen and oxygen atoms in total. The Bertz CT molecular complexity index is 651. The number of amides is 1. The summed E-state index contributed by atoms with van der Waals surface area (Å²) in [6, 6.07) is 12.5. The lowest BCUT2D eigenvalue weighted by Gasteiger charge is -2.32. The van der Waals surface area contributed by atoms with Crippen molar-refractivity contribution in [3.05, 3.63) is 60.1 Å². The monoisotopic (exact) mass is 313 g/mol. The van der Waals surface area contributed by atoms with Crippen molar-refractivity contribution in [1.29, 1.82) is 0 Å². The molecule has 3 rings (SSSR count). The van der Waals surface area contributed by atoms with Crippen LogP contribution in [0.15, 0.2) is 53.1 Å². The molecule has 0 bridgehead atoms. The maximum absolute atomic E-state index is 12.5. The van der Waals surface area contributed by atoms with E-state index in [0.717, 1.165) is 19.4 Å². The van der Waals surface area contributed by atoms with Crippen molar-refractivity contribution in [2.24, 2.45) is 5.92 Å². The van der Waals surface area contributed by atoms with Crippen LogP contribution in [-0.4, -0.2) is 36.5 Å². The Morgan fingerprint density at radius 3 is 2.74 bits per heavy atom. The van der Waals surface area contributed by atoms with Crippen LogP contribution in [0.25, 0.3) is 0 Å². The molecule has 1 amide bonds. The van der Waals surface area contributed by atoms with Gasteiger partial charge in [-0.05, 0) is 37.1 Å². The van der Waals surface area contributed by atoms with Crippen LogP contribution in [0.5, 0.6) is 0 Å². The number of nitrogens with zero attached hydrogens (tertiary/aromatic N) is 1. The zero-order valence-electron chi connectivity index (χ0n) is 12.8. The van der Waals surface area contributed by atoms with Crippen molar-refractivity contribution in [3.63, 3.8) is 0 Å². The molecule has 1 aliphatic rings. The van der Waals surface area contributed by atoms with Gasteiger partial charge in [0.1, 0.15) is 0 Å². The molecule has 0 radical (unpaired) electrons. The van der Waals surface area contributed by atoms with Crippen LogP contribution < -0.4 is 0 Å². The van der Waals surface area contributed by atoms with Gasteiger partial charge in [-0.25, -0.2) is 4.79 Å². The van der Waals surface area contributed by atoms with Gasteiger partial charge in [0.05, 0.1) is 12.9 Å². The molecular formula is C18H19NO4. The molecule has 2 heterocycles. The van der Waals surface area contributed by atoms with Crippen LogP contribution in [-0.2, 0) is 4.74 Å². The lowest BCUT2D eigenvalue weighted by atomic mass is 9.98. The molecule has 23 heavy (non-hydrogen) atoms. The third-order valence-electron chi connectivity index (χ3n) is 4.00. The summed E-state index contributed by atoms with van der Waals surface area (Å²) in [4.78, 5) is 26.1. The van der Waals surface area contributed by atoms with Gasteiger partial charge in [-0.2, -0.15) is 0 Å². The molecule has 1 unspecified atom stereocenters. The minimum absolute atomic E-state index is 0.0349. The van der Waals surface area contributed by atoms with Gasteiger partial charge in [0, 0.05) is 24.6 Å². The molecule has 0 N–H and O–H groups in total. The van der Waals surface area contributed by atoms with E-state index in [-0.39, 0.29) is 17.6 Å². The second kappa shape index (κ2) is 7.13. The predicted octanol–water partition coefficient (Wildman–Crippen LogP) is 2.99. The first-order valence-electron chi connectivity index (χ1n) is 7.79. The largest absolute Gasteiger partial charge is 0.459 e. The van der Waals surface area contributed by atoms with Crippen molar-refractivity contribution in [1.82, 2.24) is 4.90 Å². The topological polar surface area (TPSA) is 59.8 Å². The first-order valence-corrected chi connectivity index (χ1v) is 7.79. The van der Waals surface area contributed by atoms with E-state index in [9.17, 15) is 9.59 Å². The standard InChI is InChI=1S/C18H19NO4/c20-17(15-7-2-1-3-8-15)19-10-4-6-14(12-19)13-23-18(21)16-9-5-11-22-16/h1-3,5,7-9,11,14H,4,6,10,12-13H2. The van der Waals surface area contributed by atoms with E-state index >= 15 is 0 Å². The first-order chi connectivity index (χ1) is 11.2. The molecular weight excluding hydrogens is 294 g/mol. The lowest BCUT2D eigenvalue weighted by molar-refractivity contribution is 0.0313. The minimum Gasteiger partial charge on any atom is -0.459 e. The van der Waals surface area contributed by atoms with Crippen LogP contribution in [0.2, 0.25) is 0 Å². The third-order valence-corrected chi connectivity index (χ3v) is 4.00. The third kappa shape index (κ3) is 3.80. The molecule has 1 atom stereocenters. The van der Waals surface area contributed by atoms with E-state index in [2.05, 4.69) is 0 Å². The maximum Gasteiger partial charge on any atom is 0.374 e. The predicted molar refractivity (Wildman–Crippen MR) is 84.1 cm³/mol. The Kier molecular flexibility index (Phi) is 4.76. The van der Waals surface area contributed by atoms with Gasteiger partial charge in [0.15, 0.2) is 0 Å². The van der Waals surface area contributed by atoms with Crippen LogP contribution in [0.3, 0.4) is 0 Å². The number of hydrogen-bond acceptors (Lipinski definition) is 4. The van der Waals surface area contributed by atoms with Crippen molar-refractivity contribution in [2.75, 3.05) is 19.7 Å². The molecule has 5 heteroatoms. The van der Waals surface area contributed by atoms with Crippen LogP contribution in [0.1, 0.15) is 33.8 Å². The Hall–Kier alpha value is -2.56. The fraction of sp³-hybridized carbons (Fsp3) is 0.333. The van der Waals surface area contributed by atoms with Crippen molar-refractivity contribution in [2.45, 2.75) is 12.8 Å². The maximum atomic E-state index is 12.5. The molecule has 1 aliphatic heterocycles. The average molecular weight is 313 g/mol. The number of ether oxygens (including phenoxy) is 1. The lowest BCUT2D eigenvalue weighted by Crippen LogP contribution is -2.41. The molecule has 0 saturated carbocycles. The number of hydrogen-bond donors (Lipinski definition) is 0. The zero-order valence-corrected chi connectivity index (χ0v) is 12.8. The molecule has 0 aliphatic carbocycles. The summed E-state index contributed by atoms with van der Waals surface area (Å²) in [6.07, 6.45) is 3.31. The smallest absolute Gasteiger partial charge is 0.374 e. The molecule has 1 fully saturated rings. The highest BCUT2D eigenvalue weighted by Crippen LogP contribution is 2.19. The van der Waals surface area contributed by atoms with Crippen molar-refractivity contribution < 1.29 is 18.7 Å². The molecule has 120 valence electrons. The summed E-state index contributed by atoms with van der Waals surface area (Å²) < 4.78 is 10.3. The highest BCUT2D eigenvalue weighted by Gasteiger charge is 2.25. The first kappa shape index (κ1) is 15.3. The van der Waals surface area contributed by atoms with E-state index in [1.165, 1.54) is 6.26 Å². The SMILES string of the molecule is O=C(OCC1CCCN(C(=O)c2ccccc2)C1)c1ccco1. The van der Waals surface area contributed by atoms with E-state index < -0.39 is 5.97 Å². The highest BCUT2D eigenvalue weighted by atomic mass is 16.5. The summed E-state index contributed by atoms with van der Waals surface area (Å²) >= 11 is 0. The van der Waals surface area contributed by atoms with Gasteiger partial charge in [0.2, 0.25) is 5.76 Å². The van der Waals surface area contributed by atoms with Crippen LogP contribution >= 0.6 is 0 Å². The van der Waals surface area contributed by atoms with E-state index in [1.807, 2.05) is 35.2 Å². The zero-order chi connectivity index (χ0) is 16.1. The number of carbonyl (C=O) groups excluding carboxylic acids is 2. The summed E-state index contributed by atoms with van der Waals surface area (Å²) in [5.41, 5.74) is 0.695. The quantitative estimate of drug-likeness (QED) is 0.814. The molecule has 1 aromatic heterocycles. The number of carbonyl (C=O) groups is 2. The normalized spacial score (nSPS) is 17.7. The minimum atomic E-state index is -0.457. The van der Waals surface area contributed by atoms with E-state index in [1.54, 1.807) is 12.1 Å². The summed E-state index contributed by atoms with van der Waals surface area (Å²) in [6.45, 7) is 1.66. The number of likely N-dealkylation sites (tertiary alicyclic amines) is 1. The highest BCUT2D eigenvalue weighted by molar-refractivity contribution is 5.94. The fourth-order valence-corrected chi connectivity index (χ4v) is 2.81. The number of rotatable bonds is 4. The second-order valence-corrected chi connectivity index (χ2v) is 5.70. The van der Waals surface area contributed by atoms with Gasteiger partial charge in [-0.3, -0.25) is 4.79 Å². The molecule has 0 spiro atoms. The van der Waals surface area contributed by atoms with Crippen molar-refractivity contribution >= 4 is 11.9 Å². The second-order valence-electron chi connectivity index (χ2n) is 5.70. The van der Waals surface area contributed by atoms with Gasteiger partial charge >= 0.3 is 5.97 Å². The van der Waals surface area contributed by atoms with Gasteiger partial charge < -0.3 is 14.1 Å². The summed E-state index contributed by atoms with van der Waals surface area (Å²) in [5, 5.41) is 0. The molecule has 1 saturated heterocycles. The Balaban J connectivity index is 1.54.